The van der Waals surface area contributed by atoms with E-state index >= 15 is 0 Å². The number of halogens is 3. The molecule has 3 aromatic heterocycles. The van der Waals surface area contributed by atoms with Crippen molar-refractivity contribution in [3.63, 3.8) is 0 Å². The summed E-state index contributed by atoms with van der Waals surface area (Å²) in [5.41, 5.74) is 5.39. The Balaban J connectivity index is 1.48. The van der Waals surface area contributed by atoms with E-state index in [0.717, 1.165) is 23.5 Å². The van der Waals surface area contributed by atoms with Crippen LogP contribution in [0.4, 0.5) is 24.8 Å². The molecule has 2 N–H and O–H groups in total. The van der Waals surface area contributed by atoms with E-state index in [2.05, 4.69) is 19.9 Å². The third kappa shape index (κ3) is 3.55. The number of fused-ring (bicyclic) bond motifs is 1. The van der Waals surface area contributed by atoms with Gasteiger partial charge in [0.15, 0.2) is 5.65 Å². The van der Waals surface area contributed by atoms with Crippen molar-refractivity contribution in [1.82, 2.24) is 19.9 Å². The van der Waals surface area contributed by atoms with E-state index in [1.807, 2.05) is 11.0 Å². The fourth-order valence-electron chi connectivity index (χ4n) is 3.00. The number of ether oxygens (including phenoxy) is 1. The van der Waals surface area contributed by atoms with Gasteiger partial charge in [-0.2, -0.15) is 13.2 Å². The standard InChI is InChI=1S/C17H15F3N6O/c18-17(19,20)10-1-4-14(22-7-10)27-11-5-6-26(8-11)16-12-2-3-13(21)25-15(12)23-9-24-16/h1-4,7,9,11H,5-6,8H2,(H2,21,23,24,25). The van der Waals surface area contributed by atoms with E-state index in [9.17, 15) is 13.2 Å². The van der Waals surface area contributed by atoms with E-state index in [0.29, 0.717) is 31.0 Å². The SMILES string of the molecule is Nc1ccc2c(N3CCC(Oc4ccc(C(F)(F)F)cn4)C3)ncnc2n1. The number of nitrogen functional groups attached to an aromatic ring is 1. The Hall–Kier alpha value is -3.17. The molecule has 0 spiro atoms. The van der Waals surface area contributed by atoms with Crippen molar-refractivity contribution in [1.29, 1.82) is 0 Å². The lowest BCUT2D eigenvalue weighted by atomic mass is 10.3. The summed E-state index contributed by atoms with van der Waals surface area (Å²) in [7, 11) is 0. The third-order valence-electron chi connectivity index (χ3n) is 4.29. The zero-order valence-corrected chi connectivity index (χ0v) is 14.0. The highest BCUT2D eigenvalue weighted by Gasteiger charge is 2.31. The van der Waals surface area contributed by atoms with Crippen LogP contribution in [0.3, 0.4) is 0 Å². The highest BCUT2D eigenvalue weighted by atomic mass is 19.4. The summed E-state index contributed by atoms with van der Waals surface area (Å²) in [5.74, 6) is 1.26. The Morgan fingerprint density at radius 1 is 1.11 bits per heavy atom. The number of aromatic nitrogens is 4. The molecule has 4 heterocycles. The maximum absolute atomic E-state index is 12.6. The Labute approximate surface area is 152 Å². The Morgan fingerprint density at radius 3 is 2.70 bits per heavy atom. The number of pyridine rings is 2. The van der Waals surface area contributed by atoms with Gasteiger partial charge in [-0.1, -0.05) is 0 Å². The molecule has 1 saturated heterocycles. The first kappa shape index (κ1) is 17.3. The summed E-state index contributed by atoms with van der Waals surface area (Å²) in [4.78, 5) is 18.4. The molecular formula is C17H15F3N6O. The third-order valence-corrected chi connectivity index (χ3v) is 4.29. The molecule has 0 amide bonds. The Kier molecular flexibility index (Phi) is 4.17. The zero-order chi connectivity index (χ0) is 19.0. The molecule has 0 bridgehead atoms. The highest BCUT2D eigenvalue weighted by Crippen LogP contribution is 2.30. The second kappa shape index (κ2) is 6.53. The van der Waals surface area contributed by atoms with Crippen molar-refractivity contribution < 1.29 is 17.9 Å². The highest BCUT2D eigenvalue weighted by molar-refractivity contribution is 5.87. The van der Waals surface area contributed by atoms with E-state index in [4.69, 9.17) is 10.5 Å². The monoisotopic (exact) mass is 376 g/mol. The van der Waals surface area contributed by atoms with Crippen molar-refractivity contribution in [3.8, 4) is 5.88 Å². The lowest BCUT2D eigenvalue weighted by Crippen LogP contribution is -2.25. The largest absolute Gasteiger partial charge is 0.472 e. The molecule has 7 nitrogen and oxygen atoms in total. The molecule has 0 radical (unpaired) electrons. The van der Waals surface area contributed by atoms with Crippen LogP contribution in [0.5, 0.6) is 5.88 Å². The van der Waals surface area contributed by atoms with Gasteiger partial charge in [-0.15, -0.1) is 0 Å². The minimum Gasteiger partial charge on any atom is -0.472 e. The van der Waals surface area contributed by atoms with Crippen LogP contribution in [0.25, 0.3) is 11.0 Å². The number of nitrogens with zero attached hydrogens (tertiary/aromatic N) is 5. The Morgan fingerprint density at radius 2 is 1.96 bits per heavy atom. The number of nitrogens with two attached hydrogens (primary N) is 1. The van der Waals surface area contributed by atoms with Crippen LogP contribution in [0.15, 0.2) is 36.8 Å². The maximum atomic E-state index is 12.6. The smallest absolute Gasteiger partial charge is 0.417 e. The molecule has 1 aliphatic heterocycles. The summed E-state index contributed by atoms with van der Waals surface area (Å²) in [6, 6.07) is 5.70. The molecule has 1 unspecified atom stereocenters. The summed E-state index contributed by atoms with van der Waals surface area (Å²) in [6.07, 6.45) is -1.73. The van der Waals surface area contributed by atoms with Crippen LogP contribution >= 0.6 is 0 Å². The summed E-state index contributed by atoms with van der Waals surface area (Å²) in [5, 5.41) is 0.778. The van der Waals surface area contributed by atoms with Gasteiger partial charge in [0.05, 0.1) is 17.5 Å². The van der Waals surface area contributed by atoms with Crippen LogP contribution in [0, 0.1) is 0 Å². The van der Waals surface area contributed by atoms with Crippen LogP contribution in [-0.2, 0) is 6.18 Å². The van der Waals surface area contributed by atoms with Crippen molar-refractivity contribution in [3.05, 3.63) is 42.4 Å². The topological polar surface area (TPSA) is 90.0 Å². The number of anilines is 2. The minimum absolute atomic E-state index is 0.164. The Bertz CT molecular complexity index is 963. The van der Waals surface area contributed by atoms with Crippen molar-refractivity contribution in [2.75, 3.05) is 23.7 Å². The van der Waals surface area contributed by atoms with Crippen LogP contribution in [-0.4, -0.2) is 39.1 Å². The van der Waals surface area contributed by atoms with Gasteiger partial charge < -0.3 is 15.4 Å². The molecule has 0 aromatic carbocycles. The molecule has 4 rings (SSSR count). The van der Waals surface area contributed by atoms with Crippen LogP contribution in [0.1, 0.15) is 12.0 Å². The molecule has 10 heteroatoms. The molecular weight excluding hydrogens is 361 g/mol. The van der Waals surface area contributed by atoms with Gasteiger partial charge in [0.1, 0.15) is 24.1 Å². The zero-order valence-electron chi connectivity index (χ0n) is 14.0. The van der Waals surface area contributed by atoms with Crippen molar-refractivity contribution >= 4 is 22.7 Å². The molecule has 27 heavy (non-hydrogen) atoms. The number of hydrogen-bond donors (Lipinski definition) is 1. The summed E-state index contributed by atoms with van der Waals surface area (Å²) < 4.78 is 43.5. The molecule has 1 fully saturated rings. The summed E-state index contributed by atoms with van der Waals surface area (Å²) >= 11 is 0. The lowest BCUT2D eigenvalue weighted by molar-refractivity contribution is -0.137. The minimum atomic E-state index is -4.42. The first-order chi connectivity index (χ1) is 12.9. The first-order valence-corrected chi connectivity index (χ1v) is 8.22. The predicted molar refractivity (Wildman–Crippen MR) is 92.2 cm³/mol. The van der Waals surface area contributed by atoms with E-state index in [-0.39, 0.29) is 12.0 Å². The molecule has 0 aliphatic carbocycles. The van der Waals surface area contributed by atoms with Gasteiger partial charge in [-0.25, -0.2) is 19.9 Å². The molecule has 1 aliphatic rings. The number of rotatable bonds is 3. The maximum Gasteiger partial charge on any atom is 0.417 e. The molecule has 1 atom stereocenters. The van der Waals surface area contributed by atoms with Gasteiger partial charge in [0.2, 0.25) is 5.88 Å². The van der Waals surface area contributed by atoms with Crippen LogP contribution < -0.4 is 15.4 Å². The van der Waals surface area contributed by atoms with Gasteiger partial charge in [0, 0.05) is 25.2 Å². The second-order valence-corrected chi connectivity index (χ2v) is 6.16. The average Bonchev–Trinajstić information content (AvgIpc) is 3.09. The fourth-order valence-corrected chi connectivity index (χ4v) is 3.00. The van der Waals surface area contributed by atoms with Gasteiger partial charge >= 0.3 is 6.18 Å². The normalized spacial score (nSPS) is 17.4. The lowest BCUT2D eigenvalue weighted by Gasteiger charge is -2.19. The molecule has 140 valence electrons. The fraction of sp³-hybridized carbons (Fsp3) is 0.294. The van der Waals surface area contributed by atoms with Gasteiger partial charge in [-0.3, -0.25) is 0 Å². The molecule has 3 aromatic rings. The van der Waals surface area contributed by atoms with E-state index < -0.39 is 11.7 Å². The van der Waals surface area contributed by atoms with E-state index in [1.165, 1.54) is 12.4 Å². The van der Waals surface area contributed by atoms with Crippen molar-refractivity contribution in [2.24, 2.45) is 0 Å². The second-order valence-electron chi connectivity index (χ2n) is 6.16. The van der Waals surface area contributed by atoms with E-state index in [1.54, 1.807) is 6.07 Å². The summed E-state index contributed by atoms with van der Waals surface area (Å²) in [6.45, 7) is 1.21. The first-order valence-electron chi connectivity index (χ1n) is 8.22. The number of alkyl halides is 3. The number of hydrogen-bond acceptors (Lipinski definition) is 7. The molecule has 0 saturated carbocycles. The van der Waals surface area contributed by atoms with Crippen LogP contribution in [0.2, 0.25) is 0 Å². The average molecular weight is 376 g/mol. The van der Waals surface area contributed by atoms with Gasteiger partial charge in [-0.05, 0) is 18.2 Å². The van der Waals surface area contributed by atoms with Gasteiger partial charge in [0.25, 0.3) is 0 Å². The quantitative estimate of drug-likeness (QED) is 0.752. The van der Waals surface area contributed by atoms with Crippen molar-refractivity contribution in [2.45, 2.75) is 18.7 Å². The predicted octanol–water partition coefficient (Wildman–Crippen LogP) is 2.68.